The lowest BCUT2D eigenvalue weighted by Gasteiger charge is -2.20. The Morgan fingerprint density at radius 1 is 1.07 bits per heavy atom. The summed E-state index contributed by atoms with van der Waals surface area (Å²) >= 11 is 3.05. The third-order valence-corrected chi connectivity index (χ3v) is 3.12. The molecular formula is C10H9BrF3N. The summed E-state index contributed by atoms with van der Waals surface area (Å²) in [6.45, 7) is 1.36. The van der Waals surface area contributed by atoms with Gasteiger partial charge in [0.15, 0.2) is 17.5 Å². The van der Waals surface area contributed by atoms with Crippen LogP contribution in [0.2, 0.25) is 0 Å². The number of halogens is 4. The van der Waals surface area contributed by atoms with Gasteiger partial charge >= 0.3 is 0 Å². The molecule has 1 aromatic carbocycles. The summed E-state index contributed by atoms with van der Waals surface area (Å²) in [5, 5.41) is 0. The van der Waals surface area contributed by atoms with Crippen molar-refractivity contribution >= 4 is 21.6 Å². The Morgan fingerprint density at radius 3 is 2.27 bits per heavy atom. The van der Waals surface area contributed by atoms with E-state index in [1.165, 1.54) is 0 Å². The number of nitrogens with zero attached hydrogens (tertiary/aromatic N) is 1. The third-order valence-electron chi connectivity index (χ3n) is 2.51. The minimum absolute atomic E-state index is 0.131. The zero-order valence-electron chi connectivity index (χ0n) is 7.86. The van der Waals surface area contributed by atoms with E-state index in [0.29, 0.717) is 13.1 Å². The zero-order chi connectivity index (χ0) is 11.0. The molecule has 1 fully saturated rings. The van der Waals surface area contributed by atoms with Gasteiger partial charge in [0.1, 0.15) is 0 Å². The van der Waals surface area contributed by atoms with E-state index in [-0.39, 0.29) is 10.2 Å². The van der Waals surface area contributed by atoms with Gasteiger partial charge in [0.2, 0.25) is 0 Å². The second kappa shape index (κ2) is 4.04. The minimum Gasteiger partial charge on any atom is -0.368 e. The molecule has 0 atom stereocenters. The zero-order valence-corrected chi connectivity index (χ0v) is 9.45. The second-order valence-electron chi connectivity index (χ2n) is 3.51. The van der Waals surface area contributed by atoms with Crippen molar-refractivity contribution in [1.29, 1.82) is 0 Å². The van der Waals surface area contributed by atoms with Crippen molar-refractivity contribution in [3.8, 4) is 0 Å². The fraction of sp³-hybridized carbons (Fsp3) is 0.400. The van der Waals surface area contributed by atoms with Crippen LogP contribution in [0.5, 0.6) is 0 Å². The molecule has 0 amide bonds. The van der Waals surface area contributed by atoms with Gasteiger partial charge in [-0.15, -0.1) is 0 Å². The van der Waals surface area contributed by atoms with Crippen molar-refractivity contribution in [3.05, 3.63) is 28.0 Å². The van der Waals surface area contributed by atoms with Crippen molar-refractivity contribution in [2.24, 2.45) is 0 Å². The maximum absolute atomic E-state index is 13.5. The van der Waals surface area contributed by atoms with Crippen molar-refractivity contribution in [2.45, 2.75) is 12.8 Å². The number of hydrogen-bond donors (Lipinski definition) is 0. The standard InChI is InChI=1S/C10H9BrF3N/c11-6-5-7(12)8(13)9(14)10(6)15-3-1-2-4-15/h5H,1-4H2. The smallest absolute Gasteiger partial charge is 0.196 e. The Kier molecular flexibility index (Phi) is 2.91. The summed E-state index contributed by atoms with van der Waals surface area (Å²) in [4.78, 5) is 1.72. The number of benzene rings is 1. The molecule has 1 nitrogen and oxygen atoms in total. The van der Waals surface area contributed by atoms with Gasteiger partial charge in [-0.3, -0.25) is 0 Å². The third kappa shape index (κ3) is 1.85. The molecule has 1 heterocycles. The highest BCUT2D eigenvalue weighted by molar-refractivity contribution is 9.10. The summed E-state index contributed by atoms with van der Waals surface area (Å²) in [5.74, 6) is -3.67. The van der Waals surface area contributed by atoms with Gasteiger partial charge in [-0.25, -0.2) is 13.2 Å². The molecule has 0 aromatic heterocycles. The minimum atomic E-state index is -1.40. The molecule has 0 aliphatic carbocycles. The van der Waals surface area contributed by atoms with Crippen molar-refractivity contribution in [3.63, 3.8) is 0 Å². The highest BCUT2D eigenvalue weighted by Gasteiger charge is 2.23. The Hall–Kier alpha value is -0.710. The highest BCUT2D eigenvalue weighted by Crippen LogP contribution is 2.34. The van der Waals surface area contributed by atoms with Crippen molar-refractivity contribution < 1.29 is 13.2 Å². The van der Waals surface area contributed by atoms with E-state index in [4.69, 9.17) is 0 Å². The molecule has 1 saturated heterocycles. The van der Waals surface area contributed by atoms with Gasteiger partial charge in [-0.05, 0) is 34.8 Å². The van der Waals surface area contributed by atoms with Crippen LogP contribution in [-0.2, 0) is 0 Å². The largest absolute Gasteiger partial charge is 0.368 e. The van der Waals surface area contributed by atoms with Gasteiger partial charge in [0.05, 0.1) is 5.69 Å². The van der Waals surface area contributed by atoms with E-state index in [1.807, 2.05) is 0 Å². The average molecular weight is 280 g/mol. The van der Waals surface area contributed by atoms with Crippen LogP contribution in [0.4, 0.5) is 18.9 Å². The van der Waals surface area contributed by atoms with E-state index in [1.54, 1.807) is 4.90 Å². The number of rotatable bonds is 1. The first-order valence-electron chi connectivity index (χ1n) is 4.69. The highest BCUT2D eigenvalue weighted by atomic mass is 79.9. The van der Waals surface area contributed by atoms with Gasteiger partial charge in [0.25, 0.3) is 0 Å². The topological polar surface area (TPSA) is 3.24 Å². The lowest BCUT2D eigenvalue weighted by atomic mass is 10.2. The van der Waals surface area contributed by atoms with Gasteiger partial charge in [-0.2, -0.15) is 0 Å². The number of hydrogen-bond acceptors (Lipinski definition) is 1. The molecule has 5 heteroatoms. The SMILES string of the molecule is Fc1cc(Br)c(N2CCCC2)c(F)c1F. The predicted molar refractivity (Wildman–Crippen MR) is 55.5 cm³/mol. The monoisotopic (exact) mass is 279 g/mol. The Bertz CT molecular complexity index is 389. The molecule has 15 heavy (non-hydrogen) atoms. The second-order valence-corrected chi connectivity index (χ2v) is 4.37. The van der Waals surface area contributed by atoms with E-state index in [2.05, 4.69) is 15.9 Å². The van der Waals surface area contributed by atoms with Gasteiger partial charge in [0, 0.05) is 17.6 Å². The van der Waals surface area contributed by atoms with Crippen LogP contribution in [0.3, 0.4) is 0 Å². The van der Waals surface area contributed by atoms with E-state index in [0.717, 1.165) is 18.9 Å². The predicted octanol–water partition coefficient (Wildman–Crippen LogP) is 3.47. The average Bonchev–Trinajstić information content (AvgIpc) is 2.68. The summed E-state index contributed by atoms with van der Waals surface area (Å²) in [5.41, 5.74) is 0.131. The van der Waals surface area contributed by atoms with Gasteiger partial charge < -0.3 is 4.90 Å². The van der Waals surface area contributed by atoms with Crippen LogP contribution in [0.25, 0.3) is 0 Å². The van der Waals surface area contributed by atoms with Crippen LogP contribution in [0.1, 0.15) is 12.8 Å². The Morgan fingerprint density at radius 2 is 1.67 bits per heavy atom. The number of anilines is 1. The Balaban J connectivity index is 2.50. The molecule has 1 aliphatic rings. The molecule has 0 N–H and O–H groups in total. The molecule has 0 radical (unpaired) electrons. The normalized spacial score (nSPS) is 16.1. The Labute approximate surface area is 94.0 Å². The molecule has 2 rings (SSSR count). The fourth-order valence-electron chi connectivity index (χ4n) is 1.79. The molecule has 1 aliphatic heterocycles. The molecule has 0 saturated carbocycles. The van der Waals surface area contributed by atoms with E-state index < -0.39 is 17.5 Å². The van der Waals surface area contributed by atoms with Crippen molar-refractivity contribution in [2.75, 3.05) is 18.0 Å². The molecule has 1 aromatic rings. The molecule has 82 valence electrons. The molecular weight excluding hydrogens is 271 g/mol. The van der Waals surface area contributed by atoms with Crippen LogP contribution in [-0.4, -0.2) is 13.1 Å². The van der Waals surface area contributed by atoms with Crippen molar-refractivity contribution in [1.82, 2.24) is 0 Å². The van der Waals surface area contributed by atoms with E-state index in [9.17, 15) is 13.2 Å². The fourth-order valence-corrected chi connectivity index (χ4v) is 2.41. The van der Waals surface area contributed by atoms with Gasteiger partial charge in [-0.1, -0.05) is 0 Å². The van der Waals surface area contributed by atoms with Crippen LogP contribution >= 0.6 is 15.9 Å². The maximum Gasteiger partial charge on any atom is 0.196 e. The maximum atomic E-state index is 13.5. The lowest BCUT2D eigenvalue weighted by molar-refractivity contribution is 0.446. The van der Waals surface area contributed by atoms with Crippen LogP contribution in [0, 0.1) is 17.5 Å². The van der Waals surface area contributed by atoms with Crippen LogP contribution < -0.4 is 4.90 Å². The summed E-state index contributed by atoms with van der Waals surface area (Å²) < 4.78 is 39.6. The first-order valence-corrected chi connectivity index (χ1v) is 5.48. The lowest BCUT2D eigenvalue weighted by Crippen LogP contribution is -2.20. The summed E-state index contributed by atoms with van der Waals surface area (Å²) in [6, 6.07) is 0.964. The molecule has 0 unspecified atom stereocenters. The quantitative estimate of drug-likeness (QED) is 0.562. The summed E-state index contributed by atoms with van der Waals surface area (Å²) in [6.07, 6.45) is 1.90. The first kappa shape index (κ1) is 10.8. The first-order chi connectivity index (χ1) is 7.11. The molecule has 0 spiro atoms. The van der Waals surface area contributed by atoms with E-state index >= 15 is 0 Å². The van der Waals surface area contributed by atoms with Crippen LogP contribution in [0.15, 0.2) is 10.5 Å². The summed E-state index contributed by atoms with van der Waals surface area (Å²) in [7, 11) is 0. The molecule has 0 bridgehead atoms.